The lowest BCUT2D eigenvalue weighted by Crippen LogP contribution is -2.28. The van der Waals surface area contributed by atoms with E-state index in [2.05, 4.69) is 22.4 Å². The lowest BCUT2D eigenvalue weighted by atomic mass is 10.2. The van der Waals surface area contributed by atoms with Crippen molar-refractivity contribution < 1.29 is 4.79 Å². The number of thioether (sulfide) groups is 2. The molecule has 5 nitrogen and oxygen atoms in total. The Morgan fingerprint density at radius 1 is 1.11 bits per heavy atom. The maximum Gasteiger partial charge on any atom is 0.262 e. The van der Waals surface area contributed by atoms with Crippen LogP contribution in [0.3, 0.4) is 0 Å². The SMILES string of the molecule is CCn1c(SCC(=O)NCCSCc2ccccc2)nc2ccccc2c1=O. The van der Waals surface area contributed by atoms with Crippen LogP contribution in [-0.4, -0.2) is 33.5 Å². The highest BCUT2D eigenvalue weighted by molar-refractivity contribution is 7.99. The number of nitrogens with zero attached hydrogens (tertiary/aromatic N) is 2. The van der Waals surface area contributed by atoms with Crippen molar-refractivity contribution in [1.29, 1.82) is 0 Å². The van der Waals surface area contributed by atoms with Crippen molar-refractivity contribution in [2.24, 2.45) is 0 Å². The number of para-hydroxylation sites is 1. The molecule has 0 aliphatic carbocycles. The van der Waals surface area contributed by atoms with E-state index in [0.29, 0.717) is 29.1 Å². The average molecular weight is 414 g/mol. The van der Waals surface area contributed by atoms with Crippen molar-refractivity contribution in [3.63, 3.8) is 0 Å². The summed E-state index contributed by atoms with van der Waals surface area (Å²) < 4.78 is 1.62. The van der Waals surface area contributed by atoms with E-state index in [1.807, 2.05) is 43.3 Å². The first-order valence-electron chi connectivity index (χ1n) is 9.19. The molecule has 0 aliphatic heterocycles. The van der Waals surface area contributed by atoms with E-state index in [4.69, 9.17) is 0 Å². The summed E-state index contributed by atoms with van der Waals surface area (Å²) in [5.74, 6) is 2.00. The summed E-state index contributed by atoms with van der Waals surface area (Å²) in [5.41, 5.74) is 1.89. The highest BCUT2D eigenvalue weighted by Crippen LogP contribution is 2.17. The van der Waals surface area contributed by atoms with Gasteiger partial charge < -0.3 is 5.32 Å². The Kier molecular flexibility index (Phi) is 7.56. The Hall–Kier alpha value is -2.25. The molecule has 0 aliphatic rings. The van der Waals surface area contributed by atoms with Crippen LogP contribution < -0.4 is 10.9 Å². The number of aromatic nitrogens is 2. The normalized spacial score (nSPS) is 10.9. The molecule has 28 heavy (non-hydrogen) atoms. The third-order valence-electron chi connectivity index (χ3n) is 4.16. The van der Waals surface area contributed by atoms with Gasteiger partial charge in [0.1, 0.15) is 0 Å². The molecular weight excluding hydrogens is 390 g/mol. The minimum Gasteiger partial charge on any atom is -0.355 e. The van der Waals surface area contributed by atoms with Crippen molar-refractivity contribution in [3.05, 3.63) is 70.5 Å². The van der Waals surface area contributed by atoms with Crippen LogP contribution in [0, 0.1) is 0 Å². The predicted molar refractivity (Wildman–Crippen MR) is 118 cm³/mol. The van der Waals surface area contributed by atoms with Gasteiger partial charge in [-0.3, -0.25) is 14.2 Å². The number of hydrogen-bond acceptors (Lipinski definition) is 5. The first kappa shape index (κ1) is 20.5. The van der Waals surface area contributed by atoms with E-state index in [9.17, 15) is 9.59 Å². The van der Waals surface area contributed by atoms with Crippen molar-refractivity contribution in [3.8, 4) is 0 Å². The molecule has 3 rings (SSSR count). The van der Waals surface area contributed by atoms with Gasteiger partial charge >= 0.3 is 0 Å². The van der Waals surface area contributed by atoms with Crippen molar-refractivity contribution in [2.45, 2.75) is 24.4 Å². The minimum absolute atomic E-state index is 0.0460. The zero-order valence-corrected chi connectivity index (χ0v) is 17.4. The van der Waals surface area contributed by atoms with Crippen molar-refractivity contribution in [2.75, 3.05) is 18.1 Å². The van der Waals surface area contributed by atoms with Gasteiger partial charge in [-0.15, -0.1) is 0 Å². The molecule has 1 heterocycles. The maximum absolute atomic E-state index is 12.6. The fraction of sp³-hybridized carbons (Fsp3) is 0.286. The summed E-state index contributed by atoms with van der Waals surface area (Å²) >= 11 is 3.10. The number of hydrogen-bond donors (Lipinski definition) is 1. The van der Waals surface area contributed by atoms with Crippen LogP contribution in [0.4, 0.5) is 0 Å². The molecule has 1 aromatic heterocycles. The maximum atomic E-state index is 12.6. The van der Waals surface area contributed by atoms with Crippen molar-refractivity contribution >= 4 is 40.3 Å². The Morgan fingerprint density at radius 3 is 2.64 bits per heavy atom. The summed E-state index contributed by atoms with van der Waals surface area (Å²) in [6, 6.07) is 17.6. The van der Waals surface area contributed by atoms with Crippen LogP contribution in [0.2, 0.25) is 0 Å². The smallest absolute Gasteiger partial charge is 0.262 e. The number of nitrogens with one attached hydrogen (secondary N) is 1. The van der Waals surface area contributed by atoms with E-state index < -0.39 is 0 Å². The molecule has 0 atom stereocenters. The number of carbonyl (C=O) groups is 1. The number of fused-ring (bicyclic) bond motifs is 1. The molecular formula is C21H23N3O2S2. The topological polar surface area (TPSA) is 64.0 Å². The Morgan fingerprint density at radius 2 is 1.86 bits per heavy atom. The van der Waals surface area contributed by atoms with Gasteiger partial charge in [-0.05, 0) is 24.6 Å². The van der Waals surface area contributed by atoms with Crippen molar-refractivity contribution in [1.82, 2.24) is 14.9 Å². The molecule has 2 aromatic carbocycles. The first-order valence-corrected chi connectivity index (χ1v) is 11.3. The molecule has 0 saturated carbocycles. The van der Waals surface area contributed by atoms with E-state index in [0.717, 1.165) is 11.5 Å². The second-order valence-corrected chi connectivity index (χ2v) is 8.19. The van der Waals surface area contributed by atoms with Gasteiger partial charge in [0.15, 0.2) is 5.16 Å². The van der Waals surface area contributed by atoms with Crippen LogP contribution in [-0.2, 0) is 17.1 Å². The highest BCUT2D eigenvalue weighted by atomic mass is 32.2. The fourth-order valence-corrected chi connectivity index (χ4v) is 4.46. The molecule has 0 saturated heterocycles. The molecule has 0 bridgehead atoms. The quantitative estimate of drug-likeness (QED) is 0.330. The van der Waals surface area contributed by atoms with Gasteiger partial charge in [0, 0.05) is 24.6 Å². The van der Waals surface area contributed by atoms with E-state index in [1.54, 1.807) is 22.4 Å². The van der Waals surface area contributed by atoms with Gasteiger partial charge in [-0.1, -0.05) is 54.2 Å². The van der Waals surface area contributed by atoms with E-state index in [1.165, 1.54) is 17.3 Å². The van der Waals surface area contributed by atoms with Crippen LogP contribution in [0.15, 0.2) is 64.5 Å². The Balaban J connectivity index is 1.48. The van der Waals surface area contributed by atoms with Gasteiger partial charge in [0.05, 0.1) is 16.7 Å². The summed E-state index contributed by atoms with van der Waals surface area (Å²) in [5, 5.41) is 4.12. The summed E-state index contributed by atoms with van der Waals surface area (Å²) in [6.45, 7) is 3.06. The molecule has 0 radical (unpaired) electrons. The lowest BCUT2D eigenvalue weighted by molar-refractivity contribution is -0.118. The standard InChI is InChI=1S/C21H23N3O2S2/c1-2-24-20(26)17-10-6-7-11-18(17)23-21(24)28-15-19(25)22-12-13-27-14-16-8-4-3-5-9-16/h3-11H,2,12-15H2,1H3,(H,22,25). The molecule has 0 unspecified atom stereocenters. The molecule has 0 fully saturated rings. The van der Waals surface area contributed by atoms with E-state index in [-0.39, 0.29) is 17.2 Å². The van der Waals surface area contributed by atoms with Gasteiger partial charge in [0.2, 0.25) is 5.91 Å². The molecule has 1 amide bonds. The summed E-state index contributed by atoms with van der Waals surface area (Å²) in [6.07, 6.45) is 0. The molecule has 146 valence electrons. The number of rotatable bonds is 9. The Labute approximate surface area is 172 Å². The molecule has 0 spiro atoms. The average Bonchev–Trinajstić information content (AvgIpc) is 2.73. The summed E-state index contributed by atoms with van der Waals surface area (Å²) in [7, 11) is 0. The second-order valence-electron chi connectivity index (χ2n) is 6.14. The first-order chi connectivity index (χ1) is 13.7. The van der Waals surface area contributed by atoms with Crippen LogP contribution in [0.25, 0.3) is 10.9 Å². The Bertz CT molecular complexity index is 990. The zero-order chi connectivity index (χ0) is 19.8. The number of carbonyl (C=O) groups excluding carboxylic acids is 1. The van der Waals surface area contributed by atoms with E-state index >= 15 is 0 Å². The van der Waals surface area contributed by atoms with Gasteiger partial charge in [-0.2, -0.15) is 11.8 Å². The van der Waals surface area contributed by atoms with Crippen LogP contribution in [0.5, 0.6) is 0 Å². The van der Waals surface area contributed by atoms with Crippen LogP contribution in [0.1, 0.15) is 12.5 Å². The molecule has 7 heteroatoms. The summed E-state index contributed by atoms with van der Waals surface area (Å²) in [4.78, 5) is 29.3. The second kappa shape index (κ2) is 10.3. The monoisotopic (exact) mass is 413 g/mol. The third kappa shape index (κ3) is 5.39. The zero-order valence-electron chi connectivity index (χ0n) is 15.8. The number of amides is 1. The molecule has 1 N–H and O–H groups in total. The molecule has 3 aromatic rings. The largest absolute Gasteiger partial charge is 0.355 e. The number of benzene rings is 2. The lowest BCUT2D eigenvalue weighted by Gasteiger charge is -2.11. The van der Waals surface area contributed by atoms with Gasteiger partial charge in [0.25, 0.3) is 5.56 Å². The van der Waals surface area contributed by atoms with Gasteiger partial charge in [-0.25, -0.2) is 4.98 Å². The third-order valence-corrected chi connectivity index (χ3v) is 6.16. The highest BCUT2D eigenvalue weighted by Gasteiger charge is 2.11. The minimum atomic E-state index is -0.0617. The van der Waals surface area contributed by atoms with Crippen LogP contribution >= 0.6 is 23.5 Å². The fourth-order valence-electron chi connectivity index (χ4n) is 2.74. The predicted octanol–water partition coefficient (Wildman–Crippen LogP) is 3.56.